The molecule has 5 rings (SSSR count). The van der Waals surface area contributed by atoms with Crippen molar-refractivity contribution in [2.24, 2.45) is 22.2 Å². The van der Waals surface area contributed by atoms with E-state index in [9.17, 15) is 9.90 Å². The third-order valence-electron chi connectivity index (χ3n) is 8.71. The zero-order valence-corrected chi connectivity index (χ0v) is 17.2. The monoisotopic (exact) mass is 352 g/mol. The van der Waals surface area contributed by atoms with Crippen LogP contribution in [0.4, 0.5) is 0 Å². The van der Waals surface area contributed by atoms with Gasteiger partial charge in [-0.25, -0.2) is 0 Å². The summed E-state index contributed by atoms with van der Waals surface area (Å²) in [5, 5.41) is 12.1. The molecule has 4 nitrogen and oxygen atoms in total. The lowest BCUT2D eigenvalue weighted by molar-refractivity contribution is -0.304. The Morgan fingerprint density at radius 3 is 2.46 bits per heavy atom. The summed E-state index contributed by atoms with van der Waals surface area (Å²) in [4.78, 5) is 13.3. The van der Waals surface area contributed by atoms with Gasteiger partial charge in [-0.2, -0.15) is 0 Å². The van der Waals surface area contributed by atoms with Crippen LogP contribution in [0.25, 0.3) is 0 Å². The second-order valence-corrected chi connectivity index (χ2v) is 14.9. The summed E-state index contributed by atoms with van der Waals surface area (Å²) in [5.41, 5.74) is -3.27. The summed E-state index contributed by atoms with van der Waals surface area (Å²) < 4.78 is 13.1. The number of carbonyl (C=O) groups is 1. The van der Waals surface area contributed by atoms with Crippen molar-refractivity contribution in [1.82, 2.24) is 0 Å². The van der Waals surface area contributed by atoms with Crippen LogP contribution in [-0.4, -0.2) is 43.1 Å². The van der Waals surface area contributed by atoms with Crippen LogP contribution in [0.5, 0.6) is 0 Å². The molecule has 0 radical (unpaired) electrons. The molecule has 4 saturated carbocycles. The van der Waals surface area contributed by atoms with E-state index in [4.69, 9.17) is 9.16 Å². The normalized spacial score (nSPS) is 59.1. The summed E-state index contributed by atoms with van der Waals surface area (Å²) in [5.74, 6) is 0.525. The highest BCUT2D eigenvalue weighted by molar-refractivity contribution is 6.69. The minimum absolute atomic E-state index is 0.211. The molecule has 5 aliphatic rings. The molecule has 0 aromatic carbocycles. The van der Waals surface area contributed by atoms with Gasteiger partial charge in [0.15, 0.2) is 8.32 Å². The lowest BCUT2D eigenvalue weighted by Gasteiger charge is -2.72. The van der Waals surface area contributed by atoms with E-state index in [2.05, 4.69) is 40.4 Å². The van der Waals surface area contributed by atoms with Crippen molar-refractivity contribution in [2.75, 3.05) is 6.61 Å². The molecule has 1 N–H and O–H groups in total. The Kier molecular flexibility index (Phi) is 3.00. The van der Waals surface area contributed by atoms with Gasteiger partial charge in [-0.1, -0.05) is 13.8 Å². The van der Waals surface area contributed by atoms with Crippen LogP contribution in [0.3, 0.4) is 0 Å². The number of rotatable bonds is 2. The molecule has 1 spiro atoms. The third kappa shape index (κ3) is 1.37. The van der Waals surface area contributed by atoms with E-state index in [0.29, 0.717) is 13.0 Å². The molecule has 5 heteroatoms. The minimum Gasteiger partial charge on any atom is -0.411 e. The van der Waals surface area contributed by atoms with Gasteiger partial charge < -0.3 is 14.3 Å². The van der Waals surface area contributed by atoms with E-state index in [1.165, 1.54) is 0 Å². The van der Waals surface area contributed by atoms with Crippen molar-refractivity contribution in [3.63, 3.8) is 0 Å². The van der Waals surface area contributed by atoms with E-state index < -0.39 is 35.8 Å². The standard InChI is InChI=1S/C19H32O4Si/c1-12-8-9-19(21)15(2)11-22-17(4)14(23-24(5,6)7)18(12,19)10-13(20)16(15,17)3/h12,14,21H,8-11H2,1-7H3/t12-,14?,15?,16?,17?,18?,19?/m0/s1. The molecule has 6 unspecified atom stereocenters. The van der Waals surface area contributed by atoms with E-state index in [-0.39, 0.29) is 17.8 Å². The van der Waals surface area contributed by atoms with Gasteiger partial charge in [0, 0.05) is 17.3 Å². The van der Waals surface area contributed by atoms with Crippen molar-refractivity contribution >= 4 is 14.1 Å². The lowest BCUT2D eigenvalue weighted by Crippen LogP contribution is -2.84. The van der Waals surface area contributed by atoms with E-state index in [1.807, 2.05) is 6.92 Å². The first-order chi connectivity index (χ1) is 10.8. The van der Waals surface area contributed by atoms with Crippen LogP contribution in [0.1, 0.15) is 47.0 Å². The zero-order valence-electron chi connectivity index (χ0n) is 16.2. The zero-order chi connectivity index (χ0) is 18.0. The second-order valence-electron chi connectivity index (χ2n) is 10.4. The van der Waals surface area contributed by atoms with Crippen molar-refractivity contribution < 1.29 is 19.1 Å². The topological polar surface area (TPSA) is 55.8 Å². The molecule has 136 valence electrons. The van der Waals surface area contributed by atoms with Crippen LogP contribution < -0.4 is 0 Å². The molecule has 0 aromatic heterocycles. The summed E-state index contributed by atoms with van der Waals surface area (Å²) in [6.07, 6.45) is 1.93. The molecule has 1 saturated heterocycles. The van der Waals surface area contributed by atoms with Gasteiger partial charge >= 0.3 is 0 Å². The maximum absolute atomic E-state index is 13.3. The van der Waals surface area contributed by atoms with E-state index in [0.717, 1.165) is 12.8 Å². The SMILES string of the molecule is C[C@H]1CCC2(O)C13CC(=O)C1(C)C(C)(OCC21C)C3O[Si](C)(C)C. The lowest BCUT2D eigenvalue weighted by atomic mass is 9.33. The Labute approximate surface area is 146 Å². The van der Waals surface area contributed by atoms with Gasteiger partial charge in [-0.15, -0.1) is 0 Å². The Morgan fingerprint density at radius 1 is 1.25 bits per heavy atom. The predicted molar refractivity (Wildman–Crippen MR) is 94.2 cm³/mol. The van der Waals surface area contributed by atoms with E-state index in [1.54, 1.807) is 0 Å². The van der Waals surface area contributed by atoms with Crippen LogP contribution in [-0.2, 0) is 14.0 Å². The third-order valence-corrected chi connectivity index (χ3v) is 9.65. The number of ether oxygens (including phenoxy) is 1. The average molecular weight is 353 g/mol. The highest BCUT2D eigenvalue weighted by Gasteiger charge is 2.90. The van der Waals surface area contributed by atoms with Crippen molar-refractivity contribution in [3.8, 4) is 0 Å². The van der Waals surface area contributed by atoms with Crippen molar-refractivity contribution in [3.05, 3.63) is 0 Å². The number of hydrogen-bond donors (Lipinski definition) is 1. The predicted octanol–water partition coefficient (Wildman–Crippen LogP) is 3.14. The average Bonchev–Trinajstić information content (AvgIpc) is 2.83. The Balaban J connectivity index is 2.03. The molecule has 1 aliphatic heterocycles. The Bertz CT molecular complexity index is 629. The van der Waals surface area contributed by atoms with Crippen LogP contribution in [0.2, 0.25) is 19.6 Å². The van der Waals surface area contributed by atoms with Crippen LogP contribution >= 0.6 is 0 Å². The first-order valence-corrected chi connectivity index (χ1v) is 12.8. The van der Waals surface area contributed by atoms with Gasteiger partial charge in [0.2, 0.25) is 0 Å². The molecule has 4 bridgehead atoms. The van der Waals surface area contributed by atoms with Gasteiger partial charge in [0.1, 0.15) is 11.4 Å². The fourth-order valence-corrected chi connectivity index (χ4v) is 8.23. The number of Topliss-reactive ketones (excluding diaryl/α,β-unsaturated/α-hetero) is 1. The molecule has 5 fully saturated rings. The first kappa shape index (κ1) is 17.2. The Morgan fingerprint density at radius 2 is 1.88 bits per heavy atom. The summed E-state index contributed by atoms with van der Waals surface area (Å²) in [6, 6.07) is 0. The summed E-state index contributed by atoms with van der Waals surface area (Å²) >= 11 is 0. The molecule has 0 amide bonds. The van der Waals surface area contributed by atoms with E-state index >= 15 is 0 Å². The van der Waals surface area contributed by atoms with Crippen LogP contribution in [0.15, 0.2) is 0 Å². The highest BCUT2D eigenvalue weighted by Crippen LogP contribution is 2.81. The maximum Gasteiger partial charge on any atom is 0.184 e. The molecule has 7 atom stereocenters. The fourth-order valence-electron chi connectivity index (χ4n) is 7.09. The van der Waals surface area contributed by atoms with Gasteiger partial charge in [0.05, 0.1) is 23.7 Å². The molecule has 4 aliphatic carbocycles. The maximum atomic E-state index is 13.3. The smallest absolute Gasteiger partial charge is 0.184 e. The molecular weight excluding hydrogens is 320 g/mol. The molecule has 24 heavy (non-hydrogen) atoms. The van der Waals surface area contributed by atoms with Gasteiger partial charge in [-0.3, -0.25) is 4.79 Å². The van der Waals surface area contributed by atoms with Gasteiger partial charge in [-0.05, 0) is 52.2 Å². The van der Waals surface area contributed by atoms with Gasteiger partial charge in [0.25, 0.3) is 0 Å². The molecule has 1 heterocycles. The number of ketones is 1. The first-order valence-electron chi connectivity index (χ1n) is 9.38. The molecular formula is C19H32O4Si. The quantitative estimate of drug-likeness (QED) is 0.776. The van der Waals surface area contributed by atoms with Crippen molar-refractivity contribution in [1.29, 1.82) is 0 Å². The fraction of sp³-hybridized carbons (Fsp3) is 0.947. The van der Waals surface area contributed by atoms with Crippen LogP contribution in [0, 0.1) is 22.2 Å². The second kappa shape index (κ2) is 4.19. The highest BCUT2D eigenvalue weighted by atomic mass is 28.4. The van der Waals surface area contributed by atoms with Crippen molar-refractivity contribution in [2.45, 2.75) is 83.9 Å². The largest absolute Gasteiger partial charge is 0.411 e. The number of aliphatic hydroxyl groups is 1. The summed E-state index contributed by atoms with van der Waals surface area (Å²) in [7, 11) is -1.88. The number of carbonyl (C=O) groups excluding carboxylic acids is 1. The Hall–Kier alpha value is -0.233. The molecule has 0 aromatic rings. The minimum atomic E-state index is -1.88. The number of fused-ring (bicyclic) bond motifs is 1. The summed E-state index contributed by atoms with van der Waals surface area (Å²) in [6.45, 7) is 15.4. The number of hydrogen-bond acceptors (Lipinski definition) is 4.